The van der Waals surface area contributed by atoms with Gasteiger partial charge in [-0.25, -0.2) is 4.39 Å². The third-order valence-electron chi connectivity index (χ3n) is 2.81. The van der Waals surface area contributed by atoms with Gasteiger partial charge in [-0.3, -0.25) is 0 Å². The van der Waals surface area contributed by atoms with E-state index in [1.165, 1.54) is 12.5 Å². The molecule has 1 aromatic rings. The predicted octanol–water partition coefficient (Wildman–Crippen LogP) is 1.96. The highest BCUT2D eigenvalue weighted by molar-refractivity contribution is 5.19. The zero-order chi connectivity index (χ0) is 9.26. The van der Waals surface area contributed by atoms with E-state index in [4.69, 9.17) is 5.73 Å². The lowest BCUT2D eigenvalue weighted by Crippen LogP contribution is -2.04. The van der Waals surface area contributed by atoms with Gasteiger partial charge in [0.2, 0.25) is 0 Å². The van der Waals surface area contributed by atoms with Gasteiger partial charge in [0, 0.05) is 0 Å². The number of hydrogen-bond acceptors (Lipinski definition) is 1. The fraction of sp³-hybridized carbons (Fsp3) is 0.455. The van der Waals surface area contributed by atoms with Crippen molar-refractivity contribution in [2.24, 2.45) is 17.6 Å². The van der Waals surface area contributed by atoms with E-state index in [9.17, 15) is 4.39 Å². The average Bonchev–Trinajstić information content (AvgIpc) is 2.88. The molecule has 1 aliphatic carbocycles. The quantitative estimate of drug-likeness (QED) is 0.754. The molecule has 0 aliphatic heterocycles. The van der Waals surface area contributed by atoms with E-state index in [0.717, 1.165) is 18.5 Å². The third kappa shape index (κ3) is 1.89. The van der Waals surface area contributed by atoms with E-state index in [0.29, 0.717) is 11.8 Å². The molecule has 2 unspecified atom stereocenters. The second-order valence-corrected chi connectivity index (χ2v) is 3.79. The van der Waals surface area contributed by atoms with E-state index >= 15 is 0 Å². The first kappa shape index (κ1) is 8.70. The number of rotatable bonds is 3. The van der Waals surface area contributed by atoms with Crippen molar-refractivity contribution in [3.8, 4) is 0 Å². The van der Waals surface area contributed by atoms with Crippen molar-refractivity contribution in [1.82, 2.24) is 0 Å². The minimum atomic E-state index is -0.0785. The molecule has 70 valence electrons. The fourth-order valence-electron chi connectivity index (χ4n) is 1.80. The van der Waals surface area contributed by atoms with Gasteiger partial charge in [-0.2, -0.15) is 0 Å². The van der Waals surface area contributed by atoms with Gasteiger partial charge in [-0.1, -0.05) is 18.2 Å². The summed E-state index contributed by atoms with van der Waals surface area (Å²) in [5, 5.41) is 0. The van der Waals surface area contributed by atoms with E-state index in [2.05, 4.69) is 0 Å². The van der Waals surface area contributed by atoms with E-state index in [1.807, 2.05) is 12.1 Å². The molecule has 0 bridgehead atoms. The number of benzene rings is 1. The highest BCUT2D eigenvalue weighted by Gasteiger charge is 2.35. The van der Waals surface area contributed by atoms with Crippen molar-refractivity contribution in [2.45, 2.75) is 12.8 Å². The van der Waals surface area contributed by atoms with E-state index in [-0.39, 0.29) is 5.82 Å². The highest BCUT2D eigenvalue weighted by atomic mass is 19.1. The molecule has 2 atom stereocenters. The third-order valence-corrected chi connectivity index (χ3v) is 2.81. The van der Waals surface area contributed by atoms with Crippen LogP contribution in [0.3, 0.4) is 0 Å². The SMILES string of the molecule is NCC1CC1Cc1ccccc1F. The summed E-state index contributed by atoms with van der Waals surface area (Å²) in [6.07, 6.45) is 2.03. The van der Waals surface area contributed by atoms with Crippen molar-refractivity contribution in [3.05, 3.63) is 35.6 Å². The molecule has 1 saturated carbocycles. The standard InChI is InChI=1S/C11H14FN/c12-11-4-2-1-3-8(11)5-9-6-10(9)7-13/h1-4,9-10H,5-7,13H2. The first-order valence-corrected chi connectivity index (χ1v) is 4.74. The normalized spacial score (nSPS) is 26.0. The Morgan fingerprint density at radius 3 is 2.69 bits per heavy atom. The van der Waals surface area contributed by atoms with Crippen LogP contribution in [0.25, 0.3) is 0 Å². The number of nitrogens with two attached hydrogens (primary N) is 1. The molecule has 0 spiro atoms. The highest BCUT2D eigenvalue weighted by Crippen LogP contribution is 2.40. The van der Waals surface area contributed by atoms with Gasteiger partial charge in [-0.05, 0) is 42.9 Å². The van der Waals surface area contributed by atoms with Crippen LogP contribution >= 0.6 is 0 Å². The van der Waals surface area contributed by atoms with Crippen LogP contribution in [0.5, 0.6) is 0 Å². The largest absolute Gasteiger partial charge is 0.330 e. The molecule has 13 heavy (non-hydrogen) atoms. The summed E-state index contributed by atoms with van der Waals surface area (Å²) in [4.78, 5) is 0. The van der Waals surface area contributed by atoms with E-state index in [1.54, 1.807) is 6.07 Å². The molecule has 0 saturated heterocycles. The van der Waals surface area contributed by atoms with Crippen LogP contribution < -0.4 is 5.73 Å². The van der Waals surface area contributed by atoms with Gasteiger partial charge in [0.15, 0.2) is 0 Å². The lowest BCUT2D eigenvalue weighted by molar-refractivity contribution is 0.594. The van der Waals surface area contributed by atoms with E-state index < -0.39 is 0 Å². The lowest BCUT2D eigenvalue weighted by Gasteiger charge is -2.00. The minimum absolute atomic E-state index is 0.0785. The second-order valence-electron chi connectivity index (χ2n) is 3.79. The second kappa shape index (κ2) is 3.46. The molecule has 1 nitrogen and oxygen atoms in total. The Balaban J connectivity index is 1.99. The monoisotopic (exact) mass is 179 g/mol. The summed E-state index contributed by atoms with van der Waals surface area (Å²) in [5.41, 5.74) is 6.36. The molecule has 0 radical (unpaired) electrons. The molecule has 1 aliphatic rings. The molecule has 0 amide bonds. The Bertz CT molecular complexity index is 298. The Labute approximate surface area is 77.8 Å². The molecule has 2 heteroatoms. The maximum absolute atomic E-state index is 13.2. The van der Waals surface area contributed by atoms with Gasteiger partial charge in [0.05, 0.1) is 0 Å². The topological polar surface area (TPSA) is 26.0 Å². The van der Waals surface area contributed by atoms with Crippen LogP contribution in [-0.4, -0.2) is 6.54 Å². The molecule has 1 fully saturated rings. The molecule has 2 rings (SSSR count). The maximum atomic E-state index is 13.2. The van der Waals surface area contributed by atoms with Crippen LogP contribution in [0.2, 0.25) is 0 Å². The Hall–Kier alpha value is -0.890. The number of hydrogen-bond donors (Lipinski definition) is 1. The first-order chi connectivity index (χ1) is 6.31. The lowest BCUT2D eigenvalue weighted by atomic mass is 10.1. The van der Waals surface area contributed by atoms with Crippen molar-refractivity contribution in [3.63, 3.8) is 0 Å². The summed E-state index contributed by atoms with van der Waals surface area (Å²) < 4.78 is 13.2. The summed E-state index contributed by atoms with van der Waals surface area (Å²) in [5.74, 6) is 1.19. The Morgan fingerprint density at radius 1 is 1.31 bits per heavy atom. The Morgan fingerprint density at radius 2 is 2.08 bits per heavy atom. The molecular formula is C11H14FN. The molecular weight excluding hydrogens is 165 g/mol. The van der Waals surface area contributed by atoms with Crippen LogP contribution in [0.15, 0.2) is 24.3 Å². The van der Waals surface area contributed by atoms with Gasteiger partial charge in [0.1, 0.15) is 5.82 Å². The van der Waals surface area contributed by atoms with Crippen molar-refractivity contribution in [1.29, 1.82) is 0 Å². The van der Waals surface area contributed by atoms with Crippen LogP contribution in [0.4, 0.5) is 4.39 Å². The van der Waals surface area contributed by atoms with Crippen LogP contribution in [0, 0.1) is 17.7 Å². The average molecular weight is 179 g/mol. The van der Waals surface area contributed by atoms with Crippen molar-refractivity contribution >= 4 is 0 Å². The zero-order valence-corrected chi connectivity index (χ0v) is 7.54. The van der Waals surface area contributed by atoms with Gasteiger partial charge in [0.25, 0.3) is 0 Å². The summed E-state index contributed by atoms with van der Waals surface area (Å²) >= 11 is 0. The number of halogens is 1. The van der Waals surface area contributed by atoms with Crippen LogP contribution in [-0.2, 0) is 6.42 Å². The fourth-order valence-corrected chi connectivity index (χ4v) is 1.80. The summed E-state index contributed by atoms with van der Waals surface area (Å²) in [6, 6.07) is 7.00. The molecule has 0 heterocycles. The maximum Gasteiger partial charge on any atom is 0.126 e. The first-order valence-electron chi connectivity index (χ1n) is 4.74. The predicted molar refractivity (Wildman–Crippen MR) is 50.8 cm³/mol. The molecule has 2 N–H and O–H groups in total. The van der Waals surface area contributed by atoms with Crippen LogP contribution in [0.1, 0.15) is 12.0 Å². The summed E-state index contributed by atoms with van der Waals surface area (Å²) in [7, 11) is 0. The minimum Gasteiger partial charge on any atom is -0.330 e. The van der Waals surface area contributed by atoms with Gasteiger partial charge in [-0.15, -0.1) is 0 Å². The van der Waals surface area contributed by atoms with Gasteiger partial charge < -0.3 is 5.73 Å². The Kier molecular flexibility index (Phi) is 2.32. The zero-order valence-electron chi connectivity index (χ0n) is 7.54. The smallest absolute Gasteiger partial charge is 0.126 e. The van der Waals surface area contributed by atoms with Crippen molar-refractivity contribution < 1.29 is 4.39 Å². The molecule has 1 aromatic carbocycles. The molecule has 0 aromatic heterocycles. The van der Waals surface area contributed by atoms with Gasteiger partial charge >= 0.3 is 0 Å². The van der Waals surface area contributed by atoms with Crippen molar-refractivity contribution in [2.75, 3.05) is 6.54 Å². The summed E-state index contributed by atoms with van der Waals surface area (Å²) in [6.45, 7) is 0.749.